The molecule has 5 heteroatoms. The Kier molecular flexibility index (Phi) is 4.61. The van der Waals surface area contributed by atoms with E-state index in [0.717, 1.165) is 12.8 Å². The molecule has 5 nitrogen and oxygen atoms in total. The lowest BCUT2D eigenvalue weighted by molar-refractivity contribution is -0.159. The number of amides is 1. The molecule has 0 radical (unpaired) electrons. The molecule has 0 aromatic carbocycles. The van der Waals surface area contributed by atoms with Gasteiger partial charge in [0.1, 0.15) is 5.54 Å². The fraction of sp³-hybridized carbons (Fsp3) is 0.875. The molecule has 0 spiro atoms. The van der Waals surface area contributed by atoms with Crippen molar-refractivity contribution in [2.24, 2.45) is 11.8 Å². The molecular formula is C16H27NO4. The maximum Gasteiger partial charge on any atom is 0.329 e. The van der Waals surface area contributed by atoms with Gasteiger partial charge < -0.3 is 14.7 Å². The largest absolute Gasteiger partial charge is 0.479 e. The molecule has 2 saturated heterocycles. The highest BCUT2D eigenvalue weighted by molar-refractivity contribution is 5.89. The Morgan fingerprint density at radius 2 is 1.95 bits per heavy atom. The van der Waals surface area contributed by atoms with Crippen LogP contribution in [-0.4, -0.2) is 46.2 Å². The van der Waals surface area contributed by atoms with Crippen molar-refractivity contribution in [2.75, 3.05) is 6.54 Å². The first-order valence-corrected chi connectivity index (χ1v) is 8.05. The Morgan fingerprint density at radius 3 is 2.43 bits per heavy atom. The minimum Gasteiger partial charge on any atom is -0.479 e. The van der Waals surface area contributed by atoms with Gasteiger partial charge in [-0.2, -0.15) is 0 Å². The number of carbonyl (C=O) groups is 2. The van der Waals surface area contributed by atoms with Crippen molar-refractivity contribution in [1.29, 1.82) is 0 Å². The monoisotopic (exact) mass is 297 g/mol. The first-order valence-electron chi connectivity index (χ1n) is 8.05. The predicted octanol–water partition coefficient (Wildman–Crippen LogP) is 2.29. The summed E-state index contributed by atoms with van der Waals surface area (Å²) in [7, 11) is 0. The van der Waals surface area contributed by atoms with Crippen molar-refractivity contribution in [3.63, 3.8) is 0 Å². The third-order valence-corrected chi connectivity index (χ3v) is 5.34. The Balaban J connectivity index is 2.27. The summed E-state index contributed by atoms with van der Waals surface area (Å²) >= 11 is 0. The number of carboxylic acid groups (broad SMARTS) is 1. The van der Waals surface area contributed by atoms with Gasteiger partial charge in [0, 0.05) is 6.54 Å². The highest BCUT2D eigenvalue weighted by atomic mass is 16.5. The fourth-order valence-electron chi connectivity index (χ4n) is 4.07. The zero-order valence-corrected chi connectivity index (χ0v) is 13.5. The van der Waals surface area contributed by atoms with Crippen LogP contribution < -0.4 is 0 Å². The smallest absolute Gasteiger partial charge is 0.329 e. The van der Waals surface area contributed by atoms with Gasteiger partial charge in [-0.15, -0.1) is 0 Å². The molecule has 0 aliphatic carbocycles. The molecule has 5 unspecified atom stereocenters. The normalized spacial score (nSPS) is 39.7. The van der Waals surface area contributed by atoms with E-state index < -0.39 is 11.5 Å². The van der Waals surface area contributed by atoms with Gasteiger partial charge in [-0.1, -0.05) is 20.3 Å². The van der Waals surface area contributed by atoms with Crippen LogP contribution in [0.4, 0.5) is 0 Å². The first-order chi connectivity index (χ1) is 9.85. The van der Waals surface area contributed by atoms with Gasteiger partial charge >= 0.3 is 5.97 Å². The Hall–Kier alpha value is -1.10. The lowest BCUT2D eigenvalue weighted by Crippen LogP contribution is -2.55. The van der Waals surface area contributed by atoms with Crippen LogP contribution in [0, 0.1) is 11.8 Å². The molecule has 120 valence electrons. The molecule has 0 aromatic heterocycles. The number of hydrogen-bond acceptors (Lipinski definition) is 3. The van der Waals surface area contributed by atoms with Crippen LogP contribution in [0.1, 0.15) is 53.4 Å². The SMILES string of the molecule is CCCC1(C(=O)O)CCCN1C(=O)C1C(C)OC(C)C1C. The van der Waals surface area contributed by atoms with E-state index in [0.29, 0.717) is 19.4 Å². The number of carboxylic acids is 1. The molecule has 0 bridgehead atoms. The Morgan fingerprint density at radius 1 is 1.29 bits per heavy atom. The second-order valence-corrected chi connectivity index (χ2v) is 6.61. The van der Waals surface area contributed by atoms with E-state index in [2.05, 4.69) is 0 Å². The molecule has 2 heterocycles. The fourth-order valence-corrected chi connectivity index (χ4v) is 4.07. The molecule has 0 saturated carbocycles. The standard InChI is InChI=1S/C16H27NO4/c1-5-7-16(15(19)20)8-6-9-17(16)14(18)13-10(2)11(3)21-12(13)4/h10-13H,5-9H2,1-4H3,(H,19,20). The average molecular weight is 297 g/mol. The van der Waals surface area contributed by atoms with Gasteiger partial charge in [0.05, 0.1) is 18.1 Å². The third kappa shape index (κ3) is 2.56. The molecule has 0 aromatic rings. The lowest BCUT2D eigenvalue weighted by atomic mass is 9.85. The van der Waals surface area contributed by atoms with Gasteiger partial charge in [0.15, 0.2) is 0 Å². The van der Waals surface area contributed by atoms with E-state index in [1.54, 1.807) is 4.90 Å². The van der Waals surface area contributed by atoms with E-state index in [1.807, 2.05) is 27.7 Å². The van der Waals surface area contributed by atoms with Crippen molar-refractivity contribution < 1.29 is 19.4 Å². The molecular weight excluding hydrogens is 270 g/mol. The van der Waals surface area contributed by atoms with Crippen molar-refractivity contribution in [1.82, 2.24) is 4.90 Å². The summed E-state index contributed by atoms with van der Waals surface area (Å²) in [4.78, 5) is 26.5. The number of nitrogens with zero attached hydrogens (tertiary/aromatic N) is 1. The van der Waals surface area contributed by atoms with Crippen LogP contribution >= 0.6 is 0 Å². The zero-order valence-electron chi connectivity index (χ0n) is 13.5. The summed E-state index contributed by atoms with van der Waals surface area (Å²) in [5, 5.41) is 9.72. The molecule has 1 N–H and O–H groups in total. The van der Waals surface area contributed by atoms with E-state index >= 15 is 0 Å². The minimum absolute atomic E-state index is 0.0345. The third-order valence-electron chi connectivity index (χ3n) is 5.34. The summed E-state index contributed by atoms with van der Waals surface area (Å²) in [6.45, 7) is 8.44. The van der Waals surface area contributed by atoms with E-state index in [-0.39, 0.29) is 30.0 Å². The van der Waals surface area contributed by atoms with E-state index in [4.69, 9.17) is 4.74 Å². The molecule has 2 aliphatic heterocycles. The lowest BCUT2D eigenvalue weighted by Gasteiger charge is -2.37. The number of likely N-dealkylation sites (tertiary alicyclic amines) is 1. The second-order valence-electron chi connectivity index (χ2n) is 6.61. The number of ether oxygens (including phenoxy) is 1. The van der Waals surface area contributed by atoms with Crippen LogP contribution in [0.15, 0.2) is 0 Å². The van der Waals surface area contributed by atoms with Gasteiger partial charge in [-0.25, -0.2) is 4.79 Å². The van der Waals surface area contributed by atoms with Gasteiger partial charge in [-0.05, 0) is 39.0 Å². The molecule has 1 amide bonds. The Labute approximate surface area is 126 Å². The van der Waals surface area contributed by atoms with Crippen LogP contribution in [0.2, 0.25) is 0 Å². The van der Waals surface area contributed by atoms with Crippen molar-refractivity contribution >= 4 is 11.9 Å². The maximum atomic E-state index is 13.0. The molecule has 21 heavy (non-hydrogen) atoms. The number of aliphatic carboxylic acids is 1. The van der Waals surface area contributed by atoms with Crippen molar-refractivity contribution in [3.8, 4) is 0 Å². The maximum absolute atomic E-state index is 13.0. The minimum atomic E-state index is -1.00. The van der Waals surface area contributed by atoms with Gasteiger partial charge in [-0.3, -0.25) is 4.79 Å². The van der Waals surface area contributed by atoms with Crippen molar-refractivity contribution in [2.45, 2.75) is 71.1 Å². The Bertz CT molecular complexity index is 425. The topological polar surface area (TPSA) is 66.8 Å². The van der Waals surface area contributed by atoms with Crippen molar-refractivity contribution in [3.05, 3.63) is 0 Å². The van der Waals surface area contributed by atoms with Crippen LogP contribution in [0.5, 0.6) is 0 Å². The zero-order chi connectivity index (χ0) is 15.8. The molecule has 2 aliphatic rings. The van der Waals surface area contributed by atoms with E-state index in [1.165, 1.54) is 0 Å². The van der Waals surface area contributed by atoms with E-state index in [9.17, 15) is 14.7 Å². The second kappa shape index (κ2) is 5.95. The molecule has 5 atom stereocenters. The van der Waals surface area contributed by atoms with Crippen LogP contribution in [0.3, 0.4) is 0 Å². The number of rotatable bonds is 4. The summed E-state index contributed by atoms with van der Waals surface area (Å²) < 4.78 is 5.76. The quantitative estimate of drug-likeness (QED) is 0.864. The summed E-state index contributed by atoms with van der Waals surface area (Å²) in [5.41, 5.74) is -1.00. The highest BCUT2D eigenvalue weighted by Gasteiger charge is 2.53. The summed E-state index contributed by atoms with van der Waals surface area (Å²) in [5.74, 6) is -0.995. The summed E-state index contributed by atoms with van der Waals surface area (Å²) in [6, 6.07) is 0. The average Bonchev–Trinajstić information content (AvgIpc) is 2.93. The number of hydrogen-bond donors (Lipinski definition) is 1. The predicted molar refractivity (Wildman–Crippen MR) is 78.9 cm³/mol. The summed E-state index contributed by atoms with van der Waals surface area (Å²) in [6.07, 6.45) is 2.52. The van der Waals surface area contributed by atoms with Gasteiger partial charge in [0.25, 0.3) is 0 Å². The molecule has 2 fully saturated rings. The number of carbonyl (C=O) groups excluding carboxylic acids is 1. The van der Waals surface area contributed by atoms with Crippen LogP contribution in [0.25, 0.3) is 0 Å². The van der Waals surface area contributed by atoms with Crippen LogP contribution in [-0.2, 0) is 14.3 Å². The highest BCUT2D eigenvalue weighted by Crippen LogP contribution is 2.40. The molecule has 2 rings (SSSR count). The first kappa shape index (κ1) is 16.3. The van der Waals surface area contributed by atoms with Gasteiger partial charge in [0.2, 0.25) is 5.91 Å².